The van der Waals surface area contributed by atoms with Crippen LogP contribution in [0.1, 0.15) is 19.3 Å². The highest BCUT2D eigenvalue weighted by atomic mass is 16.1. The fraction of sp³-hybridized carbons (Fsp3) is 0.667. The third-order valence-corrected chi connectivity index (χ3v) is 1.28. The predicted octanol–water partition coefficient (Wildman–Crippen LogP) is 0.465. The van der Waals surface area contributed by atoms with E-state index in [9.17, 15) is 9.59 Å². The van der Waals surface area contributed by atoms with Crippen LogP contribution in [0, 0.1) is 5.92 Å². The van der Waals surface area contributed by atoms with Crippen LogP contribution < -0.4 is 0 Å². The normalized spacial score (nSPS) is 18.0. The maximum Gasteiger partial charge on any atom is 0.206 e. The summed E-state index contributed by atoms with van der Waals surface area (Å²) >= 11 is 0. The fourth-order valence-electron chi connectivity index (χ4n) is 0.621. The van der Waals surface area contributed by atoms with Crippen molar-refractivity contribution in [2.45, 2.75) is 19.3 Å². The van der Waals surface area contributed by atoms with E-state index in [0.29, 0.717) is 0 Å². The number of rotatable bonds is 3. The van der Waals surface area contributed by atoms with Gasteiger partial charge in [-0.05, 0) is 12.8 Å². The Balaban J connectivity index is 2.22. The summed E-state index contributed by atoms with van der Waals surface area (Å²) in [6.07, 6.45) is 3.57. The zero-order chi connectivity index (χ0) is 5.98. The van der Waals surface area contributed by atoms with E-state index in [0.717, 1.165) is 12.8 Å². The average molecular weight is 111 g/mol. The van der Waals surface area contributed by atoms with Gasteiger partial charge in [-0.15, -0.1) is 0 Å². The Kier molecular flexibility index (Phi) is 1.42. The summed E-state index contributed by atoms with van der Waals surface area (Å²) in [5.41, 5.74) is 0. The van der Waals surface area contributed by atoms with Crippen molar-refractivity contribution in [3.63, 3.8) is 0 Å². The molecule has 2 heteroatoms. The van der Waals surface area contributed by atoms with Crippen molar-refractivity contribution in [1.29, 1.82) is 0 Å². The fourth-order valence-corrected chi connectivity index (χ4v) is 0.621. The van der Waals surface area contributed by atoms with E-state index in [1.54, 1.807) is 6.29 Å². The van der Waals surface area contributed by atoms with Gasteiger partial charge in [-0.25, -0.2) is 0 Å². The Morgan fingerprint density at radius 3 is 2.62 bits per heavy atom. The van der Waals surface area contributed by atoms with Gasteiger partial charge in [-0.3, -0.25) is 9.59 Å². The van der Waals surface area contributed by atoms with E-state index >= 15 is 0 Å². The van der Waals surface area contributed by atoms with Gasteiger partial charge in [0.25, 0.3) is 0 Å². The van der Waals surface area contributed by atoms with Crippen molar-refractivity contribution in [3.05, 3.63) is 0 Å². The third kappa shape index (κ3) is 1.15. The van der Waals surface area contributed by atoms with Crippen LogP contribution in [0.25, 0.3) is 0 Å². The van der Waals surface area contributed by atoms with Crippen LogP contribution in [0.3, 0.4) is 0 Å². The standard InChI is InChI=1S/C6H7O2/c7-4-3-6(8)5-1-2-5/h5H,1-3H2. The molecular formula is C6H7O2. The summed E-state index contributed by atoms with van der Waals surface area (Å²) in [6.45, 7) is 0. The van der Waals surface area contributed by atoms with Crippen LogP contribution >= 0.6 is 0 Å². The van der Waals surface area contributed by atoms with E-state index in [2.05, 4.69) is 0 Å². The first-order chi connectivity index (χ1) is 3.84. The van der Waals surface area contributed by atoms with Crippen molar-refractivity contribution >= 4 is 12.1 Å². The van der Waals surface area contributed by atoms with Gasteiger partial charge in [-0.2, -0.15) is 0 Å². The lowest BCUT2D eigenvalue weighted by molar-refractivity contribution is -0.119. The Labute approximate surface area is 47.9 Å². The first-order valence-corrected chi connectivity index (χ1v) is 2.72. The molecule has 2 nitrogen and oxygen atoms in total. The summed E-state index contributed by atoms with van der Waals surface area (Å²) in [6, 6.07) is 0. The molecule has 0 N–H and O–H groups in total. The lowest BCUT2D eigenvalue weighted by Gasteiger charge is -1.83. The van der Waals surface area contributed by atoms with Gasteiger partial charge in [0.1, 0.15) is 5.78 Å². The second-order valence-electron chi connectivity index (χ2n) is 2.06. The van der Waals surface area contributed by atoms with Crippen molar-refractivity contribution in [3.8, 4) is 0 Å². The Morgan fingerprint density at radius 1 is 1.62 bits per heavy atom. The Morgan fingerprint density at radius 2 is 2.25 bits per heavy atom. The molecule has 0 heterocycles. The molecule has 0 amide bonds. The lowest BCUT2D eigenvalue weighted by Crippen LogP contribution is -1.99. The topological polar surface area (TPSA) is 34.1 Å². The molecule has 1 fully saturated rings. The Bertz CT molecular complexity index is 114. The Hall–Kier alpha value is -0.660. The summed E-state index contributed by atoms with van der Waals surface area (Å²) in [5, 5.41) is 0. The molecule has 0 unspecified atom stereocenters. The number of carbonyl (C=O) groups excluding carboxylic acids is 2. The maximum atomic E-state index is 10.5. The third-order valence-electron chi connectivity index (χ3n) is 1.28. The number of Topliss-reactive ketones (excluding diaryl/α,β-unsaturated/α-hetero) is 1. The molecule has 0 atom stereocenters. The summed E-state index contributed by atoms with van der Waals surface area (Å²) in [4.78, 5) is 20.1. The minimum atomic E-state index is 0.00463. The number of carbonyl (C=O) groups is 1. The van der Waals surface area contributed by atoms with E-state index in [4.69, 9.17) is 0 Å². The maximum absolute atomic E-state index is 10.5. The van der Waals surface area contributed by atoms with Crippen LogP contribution in [-0.4, -0.2) is 12.1 Å². The molecule has 0 aromatic carbocycles. The number of hydrogen-bond acceptors (Lipinski definition) is 2. The minimum Gasteiger partial charge on any atom is -0.299 e. The van der Waals surface area contributed by atoms with Gasteiger partial charge in [0.05, 0.1) is 6.42 Å². The van der Waals surface area contributed by atoms with Gasteiger partial charge < -0.3 is 0 Å². The molecule has 0 aliphatic heterocycles. The first kappa shape index (κ1) is 5.48. The highest BCUT2D eigenvalue weighted by Gasteiger charge is 2.28. The molecule has 1 rings (SSSR count). The van der Waals surface area contributed by atoms with Crippen LogP contribution in [-0.2, 0) is 9.59 Å². The average Bonchev–Trinajstić information content (AvgIpc) is 2.45. The van der Waals surface area contributed by atoms with E-state index in [-0.39, 0.29) is 18.1 Å². The quantitative estimate of drug-likeness (QED) is 0.496. The number of ketones is 1. The minimum absolute atomic E-state index is 0.00463. The van der Waals surface area contributed by atoms with E-state index < -0.39 is 0 Å². The number of hydrogen-bond donors (Lipinski definition) is 0. The lowest BCUT2D eigenvalue weighted by atomic mass is 10.2. The smallest absolute Gasteiger partial charge is 0.206 e. The highest BCUT2D eigenvalue weighted by Crippen LogP contribution is 2.30. The molecule has 0 aromatic heterocycles. The SMILES string of the molecule is O=[C]CC(=O)C1CC1. The second-order valence-corrected chi connectivity index (χ2v) is 2.06. The van der Waals surface area contributed by atoms with Gasteiger partial charge in [0.15, 0.2) is 0 Å². The van der Waals surface area contributed by atoms with Gasteiger partial charge >= 0.3 is 0 Å². The highest BCUT2D eigenvalue weighted by molar-refractivity contribution is 5.92. The van der Waals surface area contributed by atoms with E-state index in [1.165, 1.54) is 0 Å². The molecule has 1 aliphatic rings. The first-order valence-electron chi connectivity index (χ1n) is 2.72. The molecule has 43 valence electrons. The molecule has 0 bridgehead atoms. The molecular weight excluding hydrogens is 104 g/mol. The molecule has 0 spiro atoms. The zero-order valence-corrected chi connectivity index (χ0v) is 4.52. The summed E-state index contributed by atoms with van der Waals surface area (Å²) < 4.78 is 0. The molecule has 1 aliphatic carbocycles. The van der Waals surface area contributed by atoms with Crippen molar-refractivity contribution in [2.24, 2.45) is 5.92 Å². The largest absolute Gasteiger partial charge is 0.299 e. The van der Waals surface area contributed by atoms with Gasteiger partial charge in [0.2, 0.25) is 6.29 Å². The van der Waals surface area contributed by atoms with Gasteiger partial charge in [-0.1, -0.05) is 0 Å². The zero-order valence-electron chi connectivity index (χ0n) is 4.52. The predicted molar refractivity (Wildman–Crippen MR) is 28.0 cm³/mol. The summed E-state index contributed by atoms with van der Waals surface area (Å²) in [7, 11) is 0. The molecule has 1 radical (unpaired) electrons. The monoisotopic (exact) mass is 111 g/mol. The van der Waals surface area contributed by atoms with Crippen molar-refractivity contribution < 1.29 is 9.59 Å². The molecule has 1 saturated carbocycles. The van der Waals surface area contributed by atoms with Crippen molar-refractivity contribution in [2.75, 3.05) is 0 Å². The van der Waals surface area contributed by atoms with Gasteiger partial charge in [0, 0.05) is 5.92 Å². The van der Waals surface area contributed by atoms with Crippen LogP contribution in [0.5, 0.6) is 0 Å². The molecule has 8 heavy (non-hydrogen) atoms. The van der Waals surface area contributed by atoms with Crippen LogP contribution in [0.2, 0.25) is 0 Å². The second kappa shape index (κ2) is 2.07. The van der Waals surface area contributed by atoms with Crippen molar-refractivity contribution in [1.82, 2.24) is 0 Å². The summed E-state index contributed by atoms with van der Waals surface area (Å²) in [5.74, 6) is 0.288. The molecule has 0 saturated heterocycles. The van der Waals surface area contributed by atoms with Crippen LogP contribution in [0.4, 0.5) is 0 Å². The van der Waals surface area contributed by atoms with Crippen LogP contribution in [0.15, 0.2) is 0 Å². The van der Waals surface area contributed by atoms with E-state index in [1.807, 2.05) is 0 Å². The molecule has 0 aromatic rings.